The second-order valence-corrected chi connectivity index (χ2v) is 5.91. The maximum Gasteiger partial charge on any atom is 0.310 e. The summed E-state index contributed by atoms with van der Waals surface area (Å²) in [5.74, 6) is -0.695. The molecule has 1 aromatic carbocycles. The van der Waals surface area contributed by atoms with Crippen molar-refractivity contribution in [1.29, 1.82) is 0 Å². The van der Waals surface area contributed by atoms with Crippen LogP contribution >= 0.6 is 22.9 Å². The van der Waals surface area contributed by atoms with Crippen LogP contribution in [0.5, 0.6) is 0 Å². The summed E-state index contributed by atoms with van der Waals surface area (Å²) >= 11 is 7.32. The lowest BCUT2D eigenvalue weighted by Crippen LogP contribution is -2.30. The van der Waals surface area contributed by atoms with E-state index in [9.17, 15) is 9.59 Å². The minimum atomic E-state index is -0.397. The first-order valence-electron chi connectivity index (χ1n) is 6.81. The number of esters is 1. The number of carbonyl (C=O) groups is 2. The van der Waals surface area contributed by atoms with Gasteiger partial charge in [-0.15, -0.1) is 0 Å². The first-order valence-corrected chi connectivity index (χ1v) is 8.13. The predicted octanol–water partition coefficient (Wildman–Crippen LogP) is 2.85. The van der Waals surface area contributed by atoms with E-state index in [1.165, 1.54) is 11.3 Å². The molecule has 0 aliphatic carbocycles. The molecule has 0 bridgehead atoms. The monoisotopic (exact) mass is 337 g/mol. The molecule has 0 fully saturated rings. The molecule has 0 saturated carbocycles. The van der Waals surface area contributed by atoms with Crippen molar-refractivity contribution in [1.82, 2.24) is 5.32 Å². The average molecular weight is 338 g/mol. The van der Waals surface area contributed by atoms with Gasteiger partial charge in [-0.1, -0.05) is 23.7 Å². The maximum absolute atomic E-state index is 11.6. The predicted molar refractivity (Wildman–Crippen MR) is 87.1 cm³/mol. The zero-order valence-corrected chi connectivity index (χ0v) is 13.5. The number of ether oxygens (including phenoxy) is 1. The second kappa shape index (κ2) is 8.56. The number of amides is 1. The fourth-order valence-electron chi connectivity index (χ4n) is 1.81. The zero-order valence-electron chi connectivity index (χ0n) is 11.9. The number of benzene rings is 1. The van der Waals surface area contributed by atoms with E-state index < -0.39 is 5.97 Å². The number of carbonyl (C=O) groups excluding carboxylic acids is 2. The summed E-state index contributed by atoms with van der Waals surface area (Å²) in [7, 11) is 0. The molecular weight excluding hydrogens is 322 g/mol. The van der Waals surface area contributed by atoms with Gasteiger partial charge in [0.1, 0.15) is 0 Å². The van der Waals surface area contributed by atoms with Gasteiger partial charge in [0.05, 0.1) is 6.42 Å². The normalized spacial score (nSPS) is 10.2. The molecule has 0 atom stereocenters. The molecule has 2 aromatic rings. The summed E-state index contributed by atoms with van der Waals surface area (Å²) in [4.78, 5) is 23.1. The van der Waals surface area contributed by atoms with E-state index in [-0.39, 0.29) is 18.9 Å². The van der Waals surface area contributed by atoms with Crippen LogP contribution in [0.4, 0.5) is 0 Å². The van der Waals surface area contributed by atoms with Crippen molar-refractivity contribution < 1.29 is 14.3 Å². The Balaban J connectivity index is 1.61. The van der Waals surface area contributed by atoms with Crippen molar-refractivity contribution in [3.8, 4) is 0 Å². The summed E-state index contributed by atoms with van der Waals surface area (Å²) in [5.41, 5.74) is 1.98. The lowest BCUT2D eigenvalue weighted by Gasteiger charge is -2.06. The molecule has 0 unspecified atom stereocenters. The Bertz CT molecular complexity index is 611. The highest BCUT2D eigenvalue weighted by Crippen LogP contribution is 2.09. The minimum Gasteiger partial charge on any atom is -0.455 e. The van der Waals surface area contributed by atoms with Gasteiger partial charge < -0.3 is 10.1 Å². The molecule has 0 saturated heterocycles. The Morgan fingerprint density at radius 1 is 1.14 bits per heavy atom. The number of hydrogen-bond donors (Lipinski definition) is 1. The third-order valence-electron chi connectivity index (χ3n) is 2.94. The molecule has 6 heteroatoms. The van der Waals surface area contributed by atoms with Crippen molar-refractivity contribution in [2.24, 2.45) is 0 Å². The smallest absolute Gasteiger partial charge is 0.310 e. The largest absolute Gasteiger partial charge is 0.455 e. The molecule has 0 aliphatic heterocycles. The van der Waals surface area contributed by atoms with Crippen LogP contribution in [0.1, 0.15) is 11.1 Å². The van der Waals surface area contributed by atoms with Crippen LogP contribution in [0, 0.1) is 0 Å². The fraction of sp³-hybridized carbons (Fsp3) is 0.250. The standard InChI is InChI=1S/C16H16ClNO3S/c17-14-3-1-12(2-4-14)5-7-18-15(19)10-21-16(20)9-13-6-8-22-11-13/h1-4,6,8,11H,5,7,9-10H2,(H,18,19). The Kier molecular flexibility index (Phi) is 6.43. The molecule has 1 N–H and O–H groups in total. The molecule has 1 amide bonds. The number of hydrogen-bond acceptors (Lipinski definition) is 4. The van der Waals surface area contributed by atoms with Crippen LogP contribution in [-0.4, -0.2) is 25.0 Å². The van der Waals surface area contributed by atoms with Gasteiger partial charge in [0, 0.05) is 11.6 Å². The van der Waals surface area contributed by atoms with Crippen molar-refractivity contribution in [3.05, 3.63) is 57.2 Å². The quantitative estimate of drug-likeness (QED) is 0.790. The molecule has 116 valence electrons. The molecule has 1 heterocycles. The highest BCUT2D eigenvalue weighted by atomic mass is 35.5. The highest BCUT2D eigenvalue weighted by molar-refractivity contribution is 7.07. The first-order chi connectivity index (χ1) is 10.6. The lowest BCUT2D eigenvalue weighted by atomic mass is 10.1. The summed E-state index contributed by atoms with van der Waals surface area (Å²) in [6.07, 6.45) is 0.896. The summed E-state index contributed by atoms with van der Waals surface area (Å²) in [6, 6.07) is 9.30. The summed E-state index contributed by atoms with van der Waals surface area (Å²) in [5, 5.41) is 7.18. The van der Waals surface area contributed by atoms with E-state index >= 15 is 0 Å². The first kappa shape index (κ1) is 16.5. The van der Waals surface area contributed by atoms with Crippen molar-refractivity contribution in [3.63, 3.8) is 0 Å². The van der Waals surface area contributed by atoms with E-state index in [2.05, 4.69) is 5.32 Å². The van der Waals surface area contributed by atoms with Gasteiger partial charge in [-0.2, -0.15) is 11.3 Å². The Labute approximate surface area is 138 Å². The molecule has 0 aliphatic rings. The zero-order chi connectivity index (χ0) is 15.8. The van der Waals surface area contributed by atoms with Gasteiger partial charge in [-0.3, -0.25) is 9.59 Å². The Hall–Kier alpha value is -1.85. The molecule has 1 aromatic heterocycles. The van der Waals surface area contributed by atoms with Crippen molar-refractivity contribution in [2.75, 3.05) is 13.2 Å². The van der Waals surface area contributed by atoms with Gasteiger partial charge in [-0.05, 0) is 46.5 Å². The third kappa shape index (κ3) is 5.87. The topological polar surface area (TPSA) is 55.4 Å². The third-order valence-corrected chi connectivity index (χ3v) is 3.93. The summed E-state index contributed by atoms with van der Waals surface area (Å²) < 4.78 is 4.93. The number of rotatable bonds is 7. The Morgan fingerprint density at radius 2 is 1.91 bits per heavy atom. The molecule has 0 spiro atoms. The van der Waals surface area contributed by atoms with E-state index in [1.807, 2.05) is 41.1 Å². The number of thiophene rings is 1. The van der Waals surface area contributed by atoms with E-state index in [0.29, 0.717) is 18.0 Å². The second-order valence-electron chi connectivity index (χ2n) is 4.70. The van der Waals surface area contributed by atoms with Crippen LogP contribution in [0.2, 0.25) is 5.02 Å². The highest BCUT2D eigenvalue weighted by Gasteiger charge is 2.08. The fourth-order valence-corrected chi connectivity index (χ4v) is 2.60. The molecule has 0 radical (unpaired) electrons. The lowest BCUT2D eigenvalue weighted by molar-refractivity contribution is -0.147. The minimum absolute atomic E-state index is 0.196. The van der Waals surface area contributed by atoms with Gasteiger partial charge in [0.2, 0.25) is 0 Å². The average Bonchev–Trinajstić information content (AvgIpc) is 3.00. The van der Waals surface area contributed by atoms with Crippen molar-refractivity contribution in [2.45, 2.75) is 12.8 Å². The van der Waals surface area contributed by atoms with Gasteiger partial charge in [0.25, 0.3) is 5.91 Å². The number of nitrogens with one attached hydrogen (secondary N) is 1. The molecule has 2 rings (SSSR count). The Morgan fingerprint density at radius 3 is 2.59 bits per heavy atom. The van der Waals surface area contributed by atoms with Gasteiger partial charge in [-0.25, -0.2) is 0 Å². The SMILES string of the molecule is O=C(COC(=O)Cc1ccsc1)NCCc1ccc(Cl)cc1. The summed E-state index contributed by atoms with van der Waals surface area (Å²) in [6.45, 7) is 0.242. The number of halogens is 1. The van der Waals surface area contributed by atoms with Gasteiger partial charge >= 0.3 is 5.97 Å². The van der Waals surface area contributed by atoms with Crippen LogP contribution in [0.15, 0.2) is 41.1 Å². The molecular formula is C16H16ClNO3S. The van der Waals surface area contributed by atoms with E-state index in [0.717, 1.165) is 11.1 Å². The molecule has 4 nitrogen and oxygen atoms in total. The van der Waals surface area contributed by atoms with Crippen LogP contribution < -0.4 is 5.32 Å². The van der Waals surface area contributed by atoms with Crippen LogP contribution in [0.25, 0.3) is 0 Å². The van der Waals surface area contributed by atoms with Crippen LogP contribution in [0.3, 0.4) is 0 Å². The van der Waals surface area contributed by atoms with Gasteiger partial charge in [0.15, 0.2) is 6.61 Å². The van der Waals surface area contributed by atoms with E-state index in [1.54, 1.807) is 0 Å². The van der Waals surface area contributed by atoms with E-state index in [4.69, 9.17) is 16.3 Å². The van der Waals surface area contributed by atoms with Crippen LogP contribution in [-0.2, 0) is 27.2 Å². The van der Waals surface area contributed by atoms with Crippen molar-refractivity contribution >= 4 is 34.8 Å². The maximum atomic E-state index is 11.6. The molecule has 22 heavy (non-hydrogen) atoms.